The molecule has 2 aromatic carbocycles. The van der Waals surface area contributed by atoms with Gasteiger partial charge in [0, 0.05) is 28.1 Å². The average Bonchev–Trinajstić information content (AvgIpc) is 3.49. The number of carbonyl (C=O) groups excluding carboxylic acids is 1. The standard InChI is InChI=1S/C21H19NO3S/c1-14-12-15(9-11-23)2-7-20(14)25-21-8-10-22-19-6-5-17(13-18(19)21)26(24)16-3-4-16/h2,5-8,10-13,16H,3-4,9H2,1H3. The SMILES string of the molecule is Cc1cc(CC=O)ccc1Oc1ccnc2ccc(S(=O)C3CC3)cc12. The highest BCUT2D eigenvalue weighted by molar-refractivity contribution is 7.86. The Labute approximate surface area is 154 Å². The number of hydrogen-bond donors (Lipinski definition) is 0. The zero-order valence-electron chi connectivity index (χ0n) is 14.5. The molecule has 0 saturated heterocycles. The summed E-state index contributed by atoms with van der Waals surface area (Å²) in [4.78, 5) is 15.9. The minimum Gasteiger partial charge on any atom is -0.456 e. The molecule has 1 aliphatic carbocycles. The third-order valence-corrected chi connectivity index (χ3v) is 6.31. The van der Waals surface area contributed by atoms with E-state index in [2.05, 4.69) is 4.98 Å². The quantitative estimate of drug-likeness (QED) is 0.610. The van der Waals surface area contributed by atoms with Gasteiger partial charge in [-0.15, -0.1) is 0 Å². The van der Waals surface area contributed by atoms with Gasteiger partial charge in [0.25, 0.3) is 0 Å². The van der Waals surface area contributed by atoms with Crippen molar-refractivity contribution in [3.8, 4) is 11.5 Å². The van der Waals surface area contributed by atoms with E-state index in [1.54, 1.807) is 6.20 Å². The van der Waals surface area contributed by atoms with Gasteiger partial charge in [0.2, 0.25) is 0 Å². The molecule has 0 spiro atoms. The second-order valence-corrected chi connectivity index (χ2v) is 8.29. The zero-order valence-corrected chi connectivity index (χ0v) is 15.3. The summed E-state index contributed by atoms with van der Waals surface area (Å²) in [5.74, 6) is 1.43. The van der Waals surface area contributed by atoms with Crippen molar-refractivity contribution >= 4 is 28.0 Å². The summed E-state index contributed by atoms with van der Waals surface area (Å²) in [6, 6.07) is 13.3. The van der Waals surface area contributed by atoms with Gasteiger partial charge >= 0.3 is 0 Å². The topological polar surface area (TPSA) is 56.3 Å². The molecule has 26 heavy (non-hydrogen) atoms. The number of aromatic nitrogens is 1. The molecule has 4 rings (SSSR count). The number of aryl methyl sites for hydroxylation is 1. The minimum atomic E-state index is -0.961. The van der Waals surface area contributed by atoms with E-state index in [-0.39, 0.29) is 0 Å². The zero-order chi connectivity index (χ0) is 18.1. The molecule has 3 aromatic rings. The Hall–Kier alpha value is -2.53. The van der Waals surface area contributed by atoms with Gasteiger partial charge in [-0.2, -0.15) is 0 Å². The summed E-state index contributed by atoms with van der Waals surface area (Å²) >= 11 is 0. The number of hydrogen-bond acceptors (Lipinski definition) is 4. The van der Waals surface area contributed by atoms with Crippen molar-refractivity contribution in [3.05, 3.63) is 59.8 Å². The first-order valence-electron chi connectivity index (χ1n) is 8.66. The van der Waals surface area contributed by atoms with Gasteiger partial charge < -0.3 is 9.53 Å². The molecule has 132 valence electrons. The number of aldehydes is 1. The number of nitrogens with zero attached hydrogens (tertiary/aromatic N) is 1. The van der Waals surface area contributed by atoms with Crippen molar-refractivity contribution in [2.45, 2.75) is 36.3 Å². The Kier molecular flexibility index (Phi) is 4.55. The Morgan fingerprint density at radius 2 is 2.00 bits per heavy atom. The second kappa shape index (κ2) is 7.00. The molecule has 1 fully saturated rings. The lowest BCUT2D eigenvalue weighted by atomic mass is 10.1. The summed E-state index contributed by atoms with van der Waals surface area (Å²) in [6.07, 6.45) is 5.08. The molecule has 0 aliphatic heterocycles. The van der Waals surface area contributed by atoms with Crippen LogP contribution in [-0.2, 0) is 22.0 Å². The molecular formula is C21H19NO3S. The lowest BCUT2D eigenvalue weighted by molar-refractivity contribution is -0.107. The van der Waals surface area contributed by atoms with Gasteiger partial charge in [0.1, 0.15) is 17.8 Å². The van der Waals surface area contributed by atoms with Crippen LogP contribution in [0.1, 0.15) is 24.0 Å². The normalized spacial score (nSPS) is 15.0. The van der Waals surface area contributed by atoms with Crippen LogP contribution in [0.5, 0.6) is 11.5 Å². The first-order valence-corrected chi connectivity index (χ1v) is 9.87. The maximum atomic E-state index is 12.5. The largest absolute Gasteiger partial charge is 0.456 e. The molecule has 1 saturated carbocycles. The fraction of sp³-hybridized carbons (Fsp3) is 0.238. The van der Waals surface area contributed by atoms with Crippen molar-refractivity contribution in [3.63, 3.8) is 0 Å². The lowest BCUT2D eigenvalue weighted by Gasteiger charge is -2.12. The molecule has 5 heteroatoms. The fourth-order valence-electron chi connectivity index (χ4n) is 2.96. The highest BCUT2D eigenvalue weighted by atomic mass is 32.2. The van der Waals surface area contributed by atoms with E-state index in [0.29, 0.717) is 17.4 Å². The predicted molar refractivity (Wildman–Crippen MR) is 102 cm³/mol. The van der Waals surface area contributed by atoms with Crippen LogP contribution in [0.15, 0.2) is 53.6 Å². The van der Waals surface area contributed by atoms with Gasteiger partial charge in [-0.05, 0) is 61.2 Å². The third kappa shape index (κ3) is 3.40. The van der Waals surface area contributed by atoms with Gasteiger partial charge in [-0.3, -0.25) is 9.19 Å². The Bertz CT molecular complexity index is 1010. The van der Waals surface area contributed by atoms with Gasteiger partial charge in [-0.1, -0.05) is 12.1 Å². The van der Waals surface area contributed by atoms with Crippen LogP contribution in [-0.4, -0.2) is 20.7 Å². The molecular weight excluding hydrogens is 346 g/mol. The Morgan fingerprint density at radius 1 is 1.15 bits per heavy atom. The van der Waals surface area contributed by atoms with Crippen LogP contribution in [0.3, 0.4) is 0 Å². The summed E-state index contributed by atoms with van der Waals surface area (Å²) in [6.45, 7) is 1.96. The van der Waals surface area contributed by atoms with E-state index in [1.807, 2.05) is 49.4 Å². The van der Waals surface area contributed by atoms with Crippen LogP contribution in [0.25, 0.3) is 10.9 Å². The highest BCUT2D eigenvalue weighted by Gasteiger charge is 2.29. The fourth-order valence-corrected chi connectivity index (χ4v) is 4.34. The molecule has 1 atom stereocenters. The average molecular weight is 365 g/mol. The first-order chi connectivity index (χ1) is 12.7. The Balaban J connectivity index is 1.70. The van der Waals surface area contributed by atoms with Crippen molar-refractivity contribution in [1.82, 2.24) is 4.98 Å². The van der Waals surface area contributed by atoms with Gasteiger partial charge in [0.05, 0.1) is 16.3 Å². The lowest BCUT2D eigenvalue weighted by Crippen LogP contribution is -1.98. The molecule has 0 radical (unpaired) electrons. The number of fused-ring (bicyclic) bond motifs is 1. The van der Waals surface area contributed by atoms with Crippen LogP contribution in [0.2, 0.25) is 0 Å². The van der Waals surface area contributed by atoms with E-state index in [9.17, 15) is 9.00 Å². The summed E-state index contributed by atoms with van der Waals surface area (Å²) < 4.78 is 18.6. The molecule has 1 aliphatic rings. The molecule has 0 N–H and O–H groups in total. The van der Waals surface area contributed by atoms with Gasteiger partial charge in [0.15, 0.2) is 0 Å². The van der Waals surface area contributed by atoms with E-state index in [4.69, 9.17) is 4.74 Å². The number of ether oxygens (including phenoxy) is 1. The summed E-state index contributed by atoms with van der Waals surface area (Å²) in [7, 11) is -0.961. The van der Waals surface area contributed by atoms with Crippen LogP contribution < -0.4 is 4.74 Å². The molecule has 1 unspecified atom stereocenters. The van der Waals surface area contributed by atoms with E-state index >= 15 is 0 Å². The molecule has 0 bridgehead atoms. The van der Waals surface area contributed by atoms with Crippen molar-refractivity contribution in [2.24, 2.45) is 0 Å². The van der Waals surface area contributed by atoms with Crippen molar-refractivity contribution < 1.29 is 13.7 Å². The maximum Gasteiger partial charge on any atom is 0.138 e. The highest BCUT2D eigenvalue weighted by Crippen LogP contribution is 2.35. The summed E-state index contributed by atoms with van der Waals surface area (Å²) in [5.41, 5.74) is 2.74. The van der Waals surface area contributed by atoms with Crippen molar-refractivity contribution in [2.75, 3.05) is 0 Å². The smallest absolute Gasteiger partial charge is 0.138 e. The van der Waals surface area contributed by atoms with Crippen LogP contribution in [0.4, 0.5) is 0 Å². The third-order valence-electron chi connectivity index (χ3n) is 4.51. The molecule has 4 nitrogen and oxygen atoms in total. The first kappa shape index (κ1) is 16.9. The Morgan fingerprint density at radius 3 is 2.73 bits per heavy atom. The number of benzene rings is 2. The van der Waals surface area contributed by atoms with E-state index < -0.39 is 10.8 Å². The van der Waals surface area contributed by atoms with Crippen LogP contribution in [0, 0.1) is 6.92 Å². The number of carbonyl (C=O) groups is 1. The predicted octanol–water partition coefficient (Wildman–Crippen LogP) is 4.35. The second-order valence-electron chi connectivity index (χ2n) is 6.56. The molecule has 0 amide bonds. The van der Waals surface area contributed by atoms with E-state index in [1.165, 1.54) is 0 Å². The minimum absolute atomic E-state index is 0.293. The monoisotopic (exact) mass is 365 g/mol. The van der Waals surface area contributed by atoms with Crippen LogP contribution >= 0.6 is 0 Å². The van der Waals surface area contributed by atoms with Gasteiger partial charge in [-0.25, -0.2) is 0 Å². The summed E-state index contributed by atoms with van der Waals surface area (Å²) in [5, 5.41) is 1.15. The van der Waals surface area contributed by atoms with Crippen molar-refractivity contribution in [1.29, 1.82) is 0 Å². The molecule has 1 aromatic heterocycles. The number of rotatable bonds is 6. The maximum absolute atomic E-state index is 12.5. The molecule has 1 heterocycles. The number of pyridine rings is 1. The van der Waals surface area contributed by atoms with E-state index in [0.717, 1.165) is 51.8 Å².